The lowest BCUT2D eigenvalue weighted by molar-refractivity contribution is 0.619. The fraction of sp³-hybridized carbons (Fsp3) is 0. The molecule has 0 saturated heterocycles. The molecule has 4 nitrogen and oxygen atoms in total. The number of rotatable bonds is 6. The van der Waals surface area contributed by atoms with E-state index in [1.807, 2.05) is 60.7 Å². The lowest BCUT2D eigenvalue weighted by Gasteiger charge is -2.26. The zero-order chi connectivity index (χ0) is 31.2. The molecule has 0 bridgehead atoms. The minimum Gasteiger partial charge on any atom is -0.455 e. The van der Waals surface area contributed by atoms with Crippen molar-refractivity contribution in [1.29, 1.82) is 0 Å². The highest BCUT2D eigenvalue weighted by atomic mass is 16.4. The van der Waals surface area contributed by atoms with Gasteiger partial charge in [-0.1, -0.05) is 109 Å². The first-order chi connectivity index (χ1) is 23.3. The molecule has 0 saturated carbocycles. The van der Waals surface area contributed by atoms with Crippen LogP contribution in [0.25, 0.3) is 66.7 Å². The minimum absolute atomic E-state index is 0.594. The van der Waals surface area contributed by atoms with Gasteiger partial charge in [-0.25, -0.2) is 4.98 Å². The van der Waals surface area contributed by atoms with Crippen molar-refractivity contribution in [3.8, 4) is 33.7 Å². The predicted octanol–water partition coefficient (Wildman–Crippen LogP) is 12.2. The van der Waals surface area contributed by atoms with Gasteiger partial charge in [-0.2, -0.15) is 0 Å². The van der Waals surface area contributed by atoms with Crippen LogP contribution in [0.4, 0.5) is 17.1 Å². The van der Waals surface area contributed by atoms with Crippen LogP contribution in [-0.2, 0) is 0 Å². The molecule has 2 aromatic heterocycles. The van der Waals surface area contributed by atoms with Crippen molar-refractivity contribution in [2.24, 2.45) is 0 Å². The summed E-state index contributed by atoms with van der Waals surface area (Å²) in [6, 6.07) is 58.5. The Bertz CT molecular complexity index is 2480. The van der Waals surface area contributed by atoms with Crippen molar-refractivity contribution < 1.29 is 8.83 Å². The molecule has 2 heterocycles. The molecule has 0 radical (unpaired) electrons. The first kappa shape index (κ1) is 27.0. The third kappa shape index (κ3) is 4.75. The molecule has 47 heavy (non-hydrogen) atoms. The van der Waals surface area contributed by atoms with Gasteiger partial charge in [-0.15, -0.1) is 0 Å². The smallest absolute Gasteiger partial charge is 0.227 e. The monoisotopic (exact) mass is 604 g/mol. The number of hydrogen-bond acceptors (Lipinski definition) is 4. The standard InChI is InChI=1S/C43H28N2O2/c1-4-12-29(13-5-1)30-20-24-34(25-21-30)45(33-16-8-3-9-17-33)35-26-22-31(23-27-35)37-28-39-41(44-43(47-39)32-14-6-2-7-15-32)40-36-18-10-11-19-38(36)46-42(37)40/h1-28H. The van der Waals surface area contributed by atoms with E-state index in [4.69, 9.17) is 13.8 Å². The molecule has 0 N–H and O–H groups in total. The number of furan rings is 1. The maximum atomic E-state index is 6.53. The van der Waals surface area contributed by atoms with E-state index >= 15 is 0 Å². The zero-order valence-electron chi connectivity index (χ0n) is 25.4. The average Bonchev–Trinajstić information content (AvgIpc) is 3.75. The Morgan fingerprint density at radius 2 is 0.957 bits per heavy atom. The lowest BCUT2D eigenvalue weighted by Crippen LogP contribution is -2.09. The summed E-state index contributed by atoms with van der Waals surface area (Å²) in [7, 11) is 0. The second-order valence-corrected chi connectivity index (χ2v) is 11.6. The lowest BCUT2D eigenvalue weighted by atomic mass is 10.0. The molecule has 0 unspecified atom stereocenters. The number of nitrogens with zero attached hydrogens (tertiary/aromatic N) is 2. The fourth-order valence-corrected chi connectivity index (χ4v) is 6.44. The van der Waals surface area contributed by atoms with Gasteiger partial charge in [0.15, 0.2) is 5.58 Å². The molecule has 7 aromatic carbocycles. The molecule has 9 rings (SSSR count). The van der Waals surface area contributed by atoms with Crippen LogP contribution in [-0.4, -0.2) is 4.98 Å². The summed E-state index contributed by atoms with van der Waals surface area (Å²) in [5.74, 6) is 0.594. The van der Waals surface area contributed by atoms with Gasteiger partial charge in [0.1, 0.15) is 16.7 Å². The van der Waals surface area contributed by atoms with Crippen molar-refractivity contribution in [1.82, 2.24) is 4.98 Å². The third-order valence-electron chi connectivity index (χ3n) is 8.71. The number of benzene rings is 7. The van der Waals surface area contributed by atoms with Crippen LogP contribution in [0.1, 0.15) is 0 Å². The van der Waals surface area contributed by atoms with E-state index in [1.165, 1.54) is 11.1 Å². The molecular weight excluding hydrogens is 576 g/mol. The number of fused-ring (bicyclic) bond motifs is 5. The van der Waals surface area contributed by atoms with Gasteiger partial charge in [-0.05, 0) is 77.4 Å². The second kappa shape index (κ2) is 11.2. The Balaban J connectivity index is 1.16. The number of anilines is 3. The summed E-state index contributed by atoms with van der Waals surface area (Å²) in [6.45, 7) is 0. The molecule has 0 spiro atoms. The van der Waals surface area contributed by atoms with Gasteiger partial charge in [0.2, 0.25) is 5.89 Å². The van der Waals surface area contributed by atoms with E-state index in [0.29, 0.717) is 5.89 Å². The van der Waals surface area contributed by atoms with Gasteiger partial charge in [0.05, 0.1) is 5.39 Å². The van der Waals surface area contributed by atoms with E-state index in [1.54, 1.807) is 0 Å². The molecule has 222 valence electrons. The van der Waals surface area contributed by atoms with Gasteiger partial charge in [0.25, 0.3) is 0 Å². The summed E-state index contributed by atoms with van der Waals surface area (Å²) in [5.41, 5.74) is 11.7. The van der Waals surface area contributed by atoms with E-state index in [0.717, 1.165) is 66.8 Å². The highest BCUT2D eigenvalue weighted by molar-refractivity contribution is 6.20. The number of oxazole rings is 1. The Labute approximate surface area is 271 Å². The van der Waals surface area contributed by atoms with E-state index in [2.05, 4.69) is 114 Å². The van der Waals surface area contributed by atoms with Crippen molar-refractivity contribution in [3.05, 3.63) is 170 Å². The van der Waals surface area contributed by atoms with Crippen LogP contribution in [0.2, 0.25) is 0 Å². The Morgan fingerprint density at radius 3 is 1.64 bits per heavy atom. The summed E-state index contributed by atoms with van der Waals surface area (Å²) in [4.78, 5) is 7.24. The van der Waals surface area contributed by atoms with Crippen LogP contribution in [0, 0.1) is 0 Å². The Morgan fingerprint density at radius 1 is 0.426 bits per heavy atom. The summed E-state index contributed by atoms with van der Waals surface area (Å²) >= 11 is 0. The van der Waals surface area contributed by atoms with Gasteiger partial charge >= 0.3 is 0 Å². The summed E-state index contributed by atoms with van der Waals surface area (Å²) < 4.78 is 12.9. The maximum absolute atomic E-state index is 6.53. The van der Waals surface area contributed by atoms with E-state index in [-0.39, 0.29) is 0 Å². The molecule has 0 amide bonds. The van der Waals surface area contributed by atoms with Gasteiger partial charge < -0.3 is 13.7 Å². The SMILES string of the molecule is c1ccc(-c2ccc(N(c3ccccc3)c3ccc(-c4cc5oc(-c6ccccc6)nc5c5c4oc4ccccc45)cc3)cc2)cc1. The second-order valence-electron chi connectivity index (χ2n) is 11.6. The minimum atomic E-state index is 0.594. The Kier molecular flexibility index (Phi) is 6.43. The molecule has 9 aromatic rings. The predicted molar refractivity (Wildman–Crippen MR) is 192 cm³/mol. The first-order valence-corrected chi connectivity index (χ1v) is 15.7. The van der Waals surface area contributed by atoms with Crippen molar-refractivity contribution in [2.45, 2.75) is 0 Å². The molecule has 4 heteroatoms. The van der Waals surface area contributed by atoms with Gasteiger partial charge in [0, 0.05) is 33.6 Å². The van der Waals surface area contributed by atoms with Crippen LogP contribution < -0.4 is 4.90 Å². The van der Waals surface area contributed by atoms with Crippen LogP contribution in [0.15, 0.2) is 179 Å². The van der Waals surface area contributed by atoms with E-state index in [9.17, 15) is 0 Å². The topological polar surface area (TPSA) is 42.4 Å². The number of aromatic nitrogens is 1. The average molecular weight is 605 g/mol. The molecular formula is C43H28N2O2. The summed E-state index contributed by atoms with van der Waals surface area (Å²) in [5, 5.41) is 1.99. The summed E-state index contributed by atoms with van der Waals surface area (Å²) in [6.07, 6.45) is 0. The molecule has 0 aliphatic carbocycles. The number of para-hydroxylation sites is 2. The maximum Gasteiger partial charge on any atom is 0.227 e. The van der Waals surface area contributed by atoms with Crippen molar-refractivity contribution in [3.63, 3.8) is 0 Å². The quantitative estimate of drug-likeness (QED) is 0.189. The van der Waals surface area contributed by atoms with Crippen molar-refractivity contribution >= 4 is 50.1 Å². The number of hydrogen-bond donors (Lipinski definition) is 0. The van der Waals surface area contributed by atoms with Crippen LogP contribution in [0.3, 0.4) is 0 Å². The van der Waals surface area contributed by atoms with E-state index < -0.39 is 0 Å². The normalized spacial score (nSPS) is 11.4. The molecule has 0 aliphatic rings. The highest BCUT2D eigenvalue weighted by Gasteiger charge is 2.21. The highest BCUT2D eigenvalue weighted by Crippen LogP contribution is 2.43. The third-order valence-corrected chi connectivity index (χ3v) is 8.71. The molecule has 0 atom stereocenters. The fourth-order valence-electron chi connectivity index (χ4n) is 6.44. The molecule has 0 fully saturated rings. The largest absolute Gasteiger partial charge is 0.455 e. The van der Waals surface area contributed by atoms with Crippen LogP contribution >= 0.6 is 0 Å². The van der Waals surface area contributed by atoms with Crippen molar-refractivity contribution in [2.75, 3.05) is 4.90 Å². The zero-order valence-corrected chi connectivity index (χ0v) is 25.4. The van der Waals surface area contributed by atoms with Gasteiger partial charge in [-0.3, -0.25) is 0 Å². The Hall–Kier alpha value is -6.39. The molecule has 0 aliphatic heterocycles. The van der Waals surface area contributed by atoms with Crippen LogP contribution in [0.5, 0.6) is 0 Å². The first-order valence-electron chi connectivity index (χ1n) is 15.7.